The van der Waals surface area contributed by atoms with Crippen molar-refractivity contribution in [2.45, 2.75) is 19.4 Å². The van der Waals surface area contributed by atoms with Gasteiger partial charge in [0.15, 0.2) is 0 Å². The molecule has 0 aliphatic heterocycles. The van der Waals surface area contributed by atoms with Gasteiger partial charge in [0.25, 0.3) is 0 Å². The number of carbonyl (C=O) groups is 1. The first kappa shape index (κ1) is 12.4. The zero-order valence-electron chi connectivity index (χ0n) is 9.80. The molecule has 5 heteroatoms. The van der Waals surface area contributed by atoms with E-state index in [9.17, 15) is 4.79 Å². The first-order valence-electron chi connectivity index (χ1n) is 5.57. The van der Waals surface area contributed by atoms with E-state index < -0.39 is 12.0 Å². The molecule has 0 aliphatic rings. The van der Waals surface area contributed by atoms with Gasteiger partial charge in [-0.2, -0.15) is 5.26 Å². The summed E-state index contributed by atoms with van der Waals surface area (Å²) < 4.78 is 0.891. The number of anilines is 1. The molecule has 1 aromatic heterocycles. The lowest BCUT2D eigenvalue weighted by Crippen LogP contribution is -2.28. The first-order valence-corrected chi connectivity index (χ1v) is 6.45. The van der Waals surface area contributed by atoms with Gasteiger partial charge in [-0.25, -0.2) is 4.79 Å². The van der Waals surface area contributed by atoms with Crippen LogP contribution in [0.25, 0.3) is 10.1 Å². The average molecular weight is 260 g/mol. The number of hydrogen-bond acceptors (Lipinski definition) is 4. The fourth-order valence-corrected chi connectivity index (χ4v) is 2.69. The average Bonchev–Trinajstić information content (AvgIpc) is 2.84. The van der Waals surface area contributed by atoms with Gasteiger partial charge in [-0.15, -0.1) is 11.3 Å². The summed E-state index contributed by atoms with van der Waals surface area (Å²) in [5.41, 5.74) is 1.38. The van der Waals surface area contributed by atoms with E-state index in [0.29, 0.717) is 12.0 Å². The molecular formula is C13H12N2O2S. The van der Waals surface area contributed by atoms with E-state index in [1.54, 1.807) is 12.1 Å². The van der Waals surface area contributed by atoms with Crippen LogP contribution in [0.3, 0.4) is 0 Å². The fourth-order valence-electron chi connectivity index (χ4n) is 1.80. The Labute approximate surface area is 108 Å². The SMILES string of the molecule is CC[C@@H](Nc1ccc(C#N)c2sccc12)C(=O)O. The van der Waals surface area contributed by atoms with Crippen molar-refractivity contribution in [1.82, 2.24) is 0 Å². The Bertz CT molecular complexity index is 627. The van der Waals surface area contributed by atoms with Crippen molar-refractivity contribution in [2.75, 3.05) is 5.32 Å². The predicted octanol–water partition coefficient (Wildman–Crippen LogP) is 3.05. The second-order valence-electron chi connectivity index (χ2n) is 3.88. The Hall–Kier alpha value is -2.06. The van der Waals surface area contributed by atoms with Crippen molar-refractivity contribution in [1.29, 1.82) is 5.26 Å². The van der Waals surface area contributed by atoms with Crippen LogP contribution in [0.15, 0.2) is 23.6 Å². The van der Waals surface area contributed by atoms with E-state index >= 15 is 0 Å². The summed E-state index contributed by atoms with van der Waals surface area (Å²) in [6.07, 6.45) is 0.501. The number of fused-ring (bicyclic) bond motifs is 1. The number of nitrogens with zero attached hydrogens (tertiary/aromatic N) is 1. The van der Waals surface area contributed by atoms with Crippen molar-refractivity contribution >= 4 is 33.1 Å². The number of hydrogen-bond donors (Lipinski definition) is 2. The summed E-state index contributed by atoms with van der Waals surface area (Å²) in [6, 6.07) is 6.91. The summed E-state index contributed by atoms with van der Waals surface area (Å²) in [5, 5.41) is 23.9. The zero-order valence-corrected chi connectivity index (χ0v) is 10.6. The van der Waals surface area contributed by atoms with Crippen LogP contribution in [0.1, 0.15) is 18.9 Å². The summed E-state index contributed by atoms with van der Waals surface area (Å²) >= 11 is 1.49. The first-order chi connectivity index (χ1) is 8.67. The lowest BCUT2D eigenvalue weighted by Gasteiger charge is -2.14. The summed E-state index contributed by atoms with van der Waals surface area (Å²) in [6.45, 7) is 1.82. The Morgan fingerprint density at radius 1 is 1.56 bits per heavy atom. The van der Waals surface area contributed by atoms with Gasteiger partial charge >= 0.3 is 5.97 Å². The molecule has 0 aliphatic carbocycles. The molecule has 4 nitrogen and oxygen atoms in total. The lowest BCUT2D eigenvalue weighted by molar-refractivity contribution is -0.137. The van der Waals surface area contributed by atoms with Crippen molar-refractivity contribution < 1.29 is 9.90 Å². The van der Waals surface area contributed by atoms with E-state index in [0.717, 1.165) is 15.8 Å². The summed E-state index contributed by atoms with van der Waals surface area (Å²) in [7, 11) is 0. The van der Waals surface area contributed by atoms with Gasteiger partial charge < -0.3 is 10.4 Å². The highest BCUT2D eigenvalue weighted by atomic mass is 32.1. The van der Waals surface area contributed by atoms with E-state index in [2.05, 4.69) is 11.4 Å². The highest BCUT2D eigenvalue weighted by molar-refractivity contribution is 7.17. The fraction of sp³-hybridized carbons (Fsp3) is 0.231. The lowest BCUT2D eigenvalue weighted by atomic mass is 10.1. The Morgan fingerprint density at radius 3 is 2.94 bits per heavy atom. The van der Waals surface area contributed by atoms with Crippen LogP contribution in [0.4, 0.5) is 5.69 Å². The number of rotatable bonds is 4. The molecule has 1 heterocycles. The largest absolute Gasteiger partial charge is 0.480 e. The predicted molar refractivity (Wildman–Crippen MR) is 71.9 cm³/mol. The number of carboxylic acids is 1. The molecule has 0 unspecified atom stereocenters. The van der Waals surface area contributed by atoms with Crippen LogP contribution < -0.4 is 5.32 Å². The number of aliphatic carboxylic acids is 1. The molecule has 0 amide bonds. The third-order valence-corrected chi connectivity index (χ3v) is 3.72. The summed E-state index contributed by atoms with van der Waals surface area (Å²) in [4.78, 5) is 11.0. The van der Waals surface area contributed by atoms with Crippen LogP contribution in [-0.4, -0.2) is 17.1 Å². The highest BCUT2D eigenvalue weighted by Gasteiger charge is 2.16. The molecule has 0 saturated heterocycles. The molecule has 1 atom stereocenters. The van der Waals surface area contributed by atoms with Gasteiger partial charge in [0, 0.05) is 11.1 Å². The van der Waals surface area contributed by atoms with Gasteiger partial charge in [0.1, 0.15) is 12.1 Å². The maximum absolute atomic E-state index is 11.0. The highest BCUT2D eigenvalue weighted by Crippen LogP contribution is 2.31. The molecule has 92 valence electrons. The van der Waals surface area contributed by atoms with Crippen molar-refractivity contribution in [3.05, 3.63) is 29.1 Å². The second-order valence-corrected chi connectivity index (χ2v) is 4.80. The smallest absolute Gasteiger partial charge is 0.326 e. The molecule has 18 heavy (non-hydrogen) atoms. The minimum Gasteiger partial charge on any atom is -0.480 e. The van der Waals surface area contributed by atoms with Gasteiger partial charge in [0.05, 0.1) is 10.3 Å². The maximum Gasteiger partial charge on any atom is 0.326 e. The number of nitriles is 1. The Morgan fingerprint density at radius 2 is 2.33 bits per heavy atom. The maximum atomic E-state index is 11.0. The van der Waals surface area contributed by atoms with Crippen LogP contribution in [0.5, 0.6) is 0 Å². The van der Waals surface area contributed by atoms with Crippen LogP contribution in [0.2, 0.25) is 0 Å². The monoisotopic (exact) mass is 260 g/mol. The van der Waals surface area contributed by atoms with Crippen LogP contribution >= 0.6 is 11.3 Å². The molecular weight excluding hydrogens is 248 g/mol. The molecule has 0 spiro atoms. The minimum atomic E-state index is -0.870. The van der Waals surface area contributed by atoms with Crippen molar-refractivity contribution in [3.8, 4) is 6.07 Å². The topological polar surface area (TPSA) is 73.1 Å². The quantitative estimate of drug-likeness (QED) is 0.886. The molecule has 0 radical (unpaired) electrons. The molecule has 0 saturated carbocycles. The molecule has 0 bridgehead atoms. The van der Waals surface area contributed by atoms with Gasteiger partial charge in [-0.1, -0.05) is 6.92 Å². The van der Waals surface area contributed by atoms with E-state index in [-0.39, 0.29) is 0 Å². The number of nitrogens with one attached hydrogen (secondary N) is 1. The van der Waals surface area contributed by atoms with Crippen molar-refractivity contribution in [3.63, 3.8) is 0 Å². The summed E-state index contributed by atoms with van der Waals surface area (Å²) in [5.74, 6) is -0.870. The number of benzene rings is 1. The van der Waals surface area contributed by atoms with Crippen molar-refractivity contribution in [2.24, 2.45) is 0 Å². The number of thiophene rings is 1. The molecule has 2 rings (SSSR count). The third kappa shape index (κ3) is 2.15. The number of carboxylic acid groups (broad SMARTS) is 1. The third-order valence-electron chi connectivity index (χ3n) is 2.77. The van der Waals surface area contributed by atoms with Crippen LogP contribution in [0, 0.1) is 11.3 Å². The minimum absolute atomic E-state index is 0.501. The van der Waals surface area contributed by atoms with E-state index in [4.69, 9.17) is 10.4 Å². The normalized spacial score (nSPS) is 12.0. The van der Waals surface area contributed by atoms with Gasteiger partial charge in [-0.05, 0) is 30.0 Å². The zero-order chi connectivity index (χ0) is 13.1. The molecule has 2 N–H and O–H groups in total. The van der Waals surface area contributed by atoms with E-state index in [1.807, 2.05) is 18.4 Å². The molecule has 2 aromatic rings. The Balaban J connectivity index is 2.44. The second kappa shape index (κ2) is 5.07. The van der Waals surface area contributed by atoms with Gasteiger partial charge in [0.2, 0.25) is 0 Å². The Kier molecular flexibility index (Phi) is 3.49. The molecule has 0 fully saturated rings. The van der Waals surface area contributed by atoms with Gasteiger partial charge in [-0.3, -0.25) is 0 Å². The molecule has 1 aromatic carbocycles. The van der Waals surface area contributed by atoms with E-state index in [1.165, 1.54) is 11.3 Å². The standard InChI is InChI=1S/C13H12N2O2S/c1-2-10(13(16)17)15-11-4-3-8(7-14)12-9(11)5-6-18-12/h3-6,10,15H,2H2,1H3,(H,16,17)/t10-/m1/s1. The van der Waals surface area contributed by atoms with Crippen LogP contribution in [-0.2, 0) is 4.79 Å².